The molecule has 5 amide bonds. The van der Waals surface area contributed by atoms with Crippen LogP contribution in [0.2, 0.25) is 0 Å². The first kappa shape index (κ1) is 18.2. The number of amides is 5. The Morgan fingerprint density at radius 1 is 1.04 bits per heavy atom. The standard InChI is InChI=1S/C19H18N4O4/c1-11-5-3-4-6-13(11)15(24)21-14(12-7-9-20-10-8-12)19(2)16(25)22-18(27)23-17(19)26/h3-10,14H,1-2H3,(H,21,24)(H2,22,23,25,26,27). The maximum atomic E-state index is 12.9. The molecule has 0 saturated carbocycles. The molecule has 8 heteroatoms. The minimum atomic E-state index is -1.73. The zero-order valence-corrected chi connectivity index (χ0v) is 14.8. The fourth-order valence-corrected chi connectivity index (χ4v) is 3.02. The molecule has 0 spiro atoms. The van der Waals surface area contributed by atoms with Crippen LogP contribution in [0.15, 0.2) is 48.8 Å². The lowest BCUT2D eigenvalue weighted by Crippen LogP contribution is -2.65. The Morgan fingerprint density at radius 3 is 2.22 bits per heavy atom. The van der Waals surface area contributed by atoms with Gasteiger partial charge in [0.05, 0.1) is 6.04 Å². The molecule has 3 rings (SSSR count). The number of aryl methyl sites for hydroxylation is 1. The number of carbonyl (C=O) groups excluding carboxylic acids is 4. The highest BCUT2D eigenvalue weighted by Gasteiger charge is 2.53. The third kappa shape index (κ3) is 3.29. The van der Waals surface area contributed by atoms with Crippen molar-refractivity contribution in [1.82, 2.24) is 20.9 Å². The second kappa shape index (κ2) is 6.99. The molecule has 0 bridgehead atoms. The molecule has 1 aliphatic rings. The quantitative estimate of drug-likeness (QED) is 0.704. The van der Waals surface area contributed by atoms with Gasteiger partial charge in [-0.3, -0.25) is 30.0 Å². The summed E-state index contributed by atoms with van der Waals surface area (Å²) in [7, 11) is 0. The fourth-order valence-electron chi connectivity index (χ4n) is 3.02. The molecule has 0 radical (unpaired) electrons. The summed E-state index contributed by atoms with van der Waals surface area (Å²) in [5.74, 6) is -2.01. The predicted molar refractivity (Wildman–Crippen MR) is 95.4 cm³/mol. The molecular formula is C19H18N4O4. The van der Waals surface area contributed by atoms with E-state index in [-0.39, 0.29) is 0 Å². The van der Waals surface area contributed by atoms with Crippen molar-refractivity contribution in [3.05, 3.63) is 65.5 Å². The number of benzene rings is 1. The molecule has 3 N–H and O–H groups in total. The van der Waals surface area contributed by atoms with Crippen LogP contribution in [-0.2, 0) is 9.59 Å². The Bertz CT molecular complexity index is 906. The van der Waals surface area contributed by atoms with E-state index in [1.54, 1.807) is 43.3 Å². The summed E-state index contributed by atoms with van der Waals surface area (Å²) in [5.41, 5.74) is -0.0450. The highest BCUT2D eigenvalue weighted by atomic mass is 16.2. The minimum Gasteiger partial charge on any atom is -0.344 e. The molecule has 1 unspecified atom stereocenters. The van der Waals surface area contributed by atoms with Crippen molar-refractivity contribution in [2.24, 2.45) is 5.41 Å². The number of urea groups is 1. The Kier molecular flexibility index (Phi) is 4.72. The van der Waals surface area contributed by atoms with Gasteiger partial charge in [-0.2, -0.15) is 0 Å². The number of aromatic nitrogens is 1. The monoisotopic (exact) mass is 366 g/mol. The van der Waals surface area contributed by atoms with Crippen molar-refractivity contribution in [1.29, 1.82) is 0 Å². The smallest absolute Gasteiger partial charge is 0.328 e. The number of barbiturate groups is 1. The normalized spacial score (nSPS) is 16.9. The lowest BCUT2D eigenvalue weighted by molar-refractivity contribution is -0.145. The van der Waals surface area contributed by atoms with Crippen LogP contribution in [0.1, 0.15) is 34.5 Å². The van der Waals surface area contributed by atoms with Gasteiger partial charge in [0, 0.05) is 18.0 Å². The number of hydrogen-bond acceptors (Lipinski definition) is 5. The molecule has 0 aliphatic carbocycles. The zero-order valence-electron chi connectivity index (χ0n) is 14.8. The number of hydrogen-bond donors (Lipinski definition) is 3. The van der Waals surface area contributed by atoms with E-state index in [0.29, 0.717) is 11.1 Å². The van der Waals surface area contributed by atoms with E-state index >= 15 is 0 Å². The van der Waals surface area contributed by atoms with Crippen LogP contribution in [0.5, 0.6) is 0 Å². The van der Waals surface area contributed by atoms with Crippen molar-refractivity contribution < 1.29 is 19.2 Å². The van der Waals surface area contributed by atoms with E-state index in [0.717, 1.165) is 5.56 Å². The number of carbonyl (C=O) groups is 4. The van der Waals surface area contributed by atoms with E-state index in [1.807, 2.05) is 0 Å². The largest absolute Gasteiger partial charge is 0.344 e. The minimum absolute atomic E-state index is 0.424. The highest BCUT2D eigenvalue weighted by Crippen LogP contribution is 2.36. The van der Waals surface area contributed by atoms with Crippen LogP contribution >= 0.6 is 0 Å². The highest BCUT2D eigenvalue weighted by molar-refractivity contribution is 6.19. The second-order valence-electron chi connectivity index (χ2n) is 6.44. The van der Waals surface area contributed by atoms with Gasteiger partial charge in [-0.15, -0.1) is 0 Å². The van der Waals surface area contributed by atoms with Crippen LogP contribution in [0.3, 0.4) is 0 Å². The van der Waals surface area contributed by atoms with E-state index in [9.17, 15) is 19.2 Å². The summed E-state index contributed by atoms with van der Waals surface area (Å²) in [6.45, 7) is 3.17. The van der Waals surface area contributed by atoms with Gasteiger partial charge in [0.1, 0.15) is 5.41 Å². The maximum absolute atomic E-state index is 12.9. The fraction of sp³-hybridized carbons (Fsp3) is 0.211. The van der Waals surface area contributed by atoms with Crippen molar-refractivity contribution in [3.8, 4) is 0 Å². The summed E-state index contributed by atoms with van der Waals surface area (Å²) in [6, 6.07) is 8.28. The Morgan fingerprint density at radius 2 is 1.63 bits per heavy atom. The van der Waals surface area contributed by atoms with Crippen molar-refractivity contribution in [2.75, 3.05) is 0 Å². The topological polar surface area (TPSA) is 117 Å². The van der Waals surface area contributed by atoms with E-state index in [2.05, 4.69) is 20.9 Å². The molecule has 1 saturated heterocycles. The number of pyridine rings is 1. The molecule has 2 aromatic rings. The Hall–Kier alpha value is -3.55. The zero-order chi connectivity index (χ0) is 19.6. The van der Waals surface area contributed by atoms with Gasteiger partial charge >= 0.3 is 6.03 Å². The number of rotatable bonds is 4. The first-order valence-electron chi connectivity index (χ1n) is 8.27. The van der Waals surface area contributed by atoms with E-state index < -0.39 is 35.2 Å². The van der Waals surface area contributed by atoms with Gasteiger partial charge in [-0.1, -0.05) is 18.2 Å². The number of nitrogens with one attached hydrogen (secondary N) is 3. The van der Waals surface area contributed by atoms with Crippen molar-refractivity contribution in [2.45, 2.75) is 19.9 Å². The average Bonchev–Trinajstić information content (AvgIpc) is 2.65. The van der Waals surface area contributed by atoms with Gasteiger partial charge in [-0.05, 0) is 43.2 Å². The molecule has 2 heterocycles. The maximum Gasteiger partial charge on any atom is 0.328 e. The van der Waals surface area contributed by atoms with Gasteiger partial charge in [0.15, 0.2) is 0 Å². The van der Waals surface area contributed by atoms with Crippen LogP contribution in [-0.4, -0.2) is 28.7 Å². The Balaban J connectivity index is 2.04. The summed E-state index contributed by atoms with van der Waals surface area (Å²) < 4.78 is 0. The van der Waals surface area contributed by atoms with Gasteiger partial charge in [0.2, 0.25) is 11.8 Å². The Labute approximate surface area is 155 Å². The van der Waals surface area contributed by atoms with Crippen LogP contribution < -0.4 is 16.0 Å². The summed E-state index contributed by atoms with van der Waals surface area (Å²) in [6.07, 6.45) is 2.99. The molecule has 1 aliphatic heterocycles. The molecule has 1 fully saturated rings. The van der Waals surface area contributed by atoms with Crippen molar-refractivity contribution in [3.63, 3.8) is 0 Å². The van der Waals surface area contributed by atoms with Gasteiger partial charge < -0.3 is 5.32 Å². The van der Waals surface area contributed by atoms with E-state index in [4.69, 9.17) is 0 Å². The first-order chi connectivity index (χ1) is 12.8. The number of nitrogens with zero attached hydrogens (tertiary/aromatic N) is 1. The molecule has 138 valence electrons. The summed E-state index contributed by atoms with van der Waals surface area (Å²) in [5, 5.41) is 6.97. The van der Waals surface area contributed by atoms with Gasteiger partial charge in [0.25, 0.3) is 5.91 Å². The van der Waals surface area contributed by atoms with Gasteiger partial charge in [-0.25, -0.2) is 4.79 Å². The first-order valence-corrected chi connectivity index (χ1v) is 8.27. The average molecular weight is 366 g/mol. The third-order valence-electron chi connectivity index (χ3n) is 4.68. The molecule has 8 nitrogen and oxygen atoms in total. The predicted octanol–water partition coefficient (Wildman–Crippen LogP) is 1.23. The van der Waals surface area contributed by atoms with E-state index in [1.165, 1.54) is 19.3 Å². The molecule has 1 atom stereocenters. The SMILES string of the molecule is Cc1ccccc1C(=O)NC(c1ccncc1)C1(C)C(=O)NC(=O)NC1=O. The molecule has 27 heavy (non-hydrogen) atoms. The molecule has 1 aromatic heterocycles. The summed E-state index contributed by atoms with van der Waals surface area (Å²) in [4.78, 5) is 53.4. The summed E-state index contributed by atoms with van der Waals surface area (Å²) >= 11 is 0. The van der Waals surface area contributed by atoms with Crippen LogP contribution in [0.25, 0.3) is 0 Å². The van der Waals surface area contributed by atoms with Crippen LogP contribution in [0, 0.1) is 12.3 Å². The second-order valence-corrected chi connectivity index (χ2v) is 6.44. The molecular weight excluding hydrogens is 348 g/mol. The lowest BCUT2D eigenvalue weighted by atomic mass is 9.76. The number of imide groups is 2. The van der Waals surface area contributed by atoms with Crippen molar-refractivity contribution >= 4 is 23.8 Å². The molecule has 1 aromatic carbocycles. The van der Waals surface area contributed by atoms with Crippen LogP contribution in [0.4, 0.5) is 4.79 Å². The lowest BCUT2D eigenvalue weighted by Gasteiger charge is -2.37. The third-order valence-corrected chi connectivity index (χ3v) is 4.68.